The van der Waals surface area contributed by atoms with Crippen LogP contribution in [0.25, 0.3) is 33.3 Å². The summed E-state index contributed by atoms with van der Waals surface area (Å²) in [5.41, 5.74) is 7.14. The Kier molecular flexibility index (Phi) is 6.54. The first-order valence-electron chi connectivity index (χ1n) is 14.2. The first-order valence-corrected chi connectivity index (χ1v) is 14.2. The van der Waals surface area contributed by atoms with Crippen LogP contribution in [0.5, 0.6) is 5.88 Å². The molecule has 10 nitrogen and oxygen atoms in total. The van der Waals surface area contributed by atoms with Gasteiger partial charge in [-0.2, -0.15) is 9.97 Å². The molecule has 0 bridgehead atoms. The van der Waals surface area contributed by atoms with Crippen molar-refractivity contribution >= 4 is 40.2 Å². The van der Waals surface area contributed by atoms with E-state index in [2.05, 4.69) is 21.4 Å². The van der Waals surface area contributed by atoms with E-state index in [0.29, 0.717) is 43.1 Å². The van der Waals surface area contributed by atoms with Gasteiger partial charge in [0.05, 0.1) is 18.5 Å². The highest BCUT2D eigenvalue weighted by atomic mass is 16.5. The number of aromatic amines is 1. The maximum absolute atomic E-state index is 11.3. The molecule has 10 heteroatoms. The molecule has 2 N–H and O–H groups in total. The molecule has 1 unspecified atom stereocenters. The molecule has 1 saturated heterocycles. The van der Waals surface area contributed by atoms with Gasteiger partial charge in [-0.3, -0.25) is 4.79 Å². The van der Waals surface area contributed by atoms with Gasteiger partial charge in [0.1, 0.15) is 23.4 Å². The summed E-state index contributed by atoms with van der Waals surface area (Å²) in [5, 5.41) is 4.25. The number of carbonyl (C=O) groups excluding carboxylic acids is 1. The largest absolute Gasteiger partial charge is 0.474 e. The molecule has 210 valence electrons. The number of carbonyl (C=O) groups is 1. The highest BCUT2D eigenvalue weighted by Crippen LogP contribution is 2.38. The number of nitrogens with zero attached hydrogens (tertiary/aromatic N) is 4. The Morgan fingerprint density at radius 2 is 1.98 bits per heavy atom. The van der Waals surface area contributed by atoms with E-state index in [1.807, 2.05) is 50.4 Å². The van der Waals surface area contributed by atoms with E-state index in [0.717, 1.165) is 76.5 Å². The molecule has 7 rings (SSSR count). The number of rotatable bonds is 7. The lowest BCUT2D eigenvalue weighted by Crippen LogP contribution is -2.37. The Morgan fingerprint density at radius 1 is 1.10 bits per heavy atom. The summed E-state index contributed by atoms with van der Waals surface area (Å²) in [7, 11) is 0. The van der Waals surface area contributed by atoms with E-state index in [-0.39, 0.29) is 12.2 Å². The van der Waals surface area contributed by atoms with Crippen LogP contribution in [-0.2, 0) is 9.53 Å². The van der Waals surface area contributed by atoms with Crippen LogP contribution in [-0.4, -0.2) is 57.0 Å². The van der Waals surface area contributed by atoms with Crippen molar-refractivity contribution in [1.82, 2.24) is 24.8 Å². The summed E-state index contributed by atoms with van der Waals surface area (Å²) in [6.07, 6.45) is 7.17. The number of ether oxygens (including phenoxy) is 2. The van der Waals surface area contributed by atoms with Crippen molar-refractivity contribution in [2.75, 3.05) is 25.0 Å². The second kappa shape index (κ2) is 10.5. The summed E-state index contributed by atoms with van der Waals surface area (Å²) in [6, 6.07) is 12.1. The third-order valence-electron chi connectivity index (χ3n) is 8.00. The maximum Gasteiger partial charge on any atom is 0.232 e. The number of anilines is 2. The fourth-order valence-corrected chi connectivity index (χ4v) is 5.85. The minimum Gasteiger partial charge on any atom is -0.474 e. The number of benzene rings is 2. The molecule has 1 atom stereocenters. The lowest BCUT2D eigenvalue weighted by atomic mass is 10.0. The minimum absolute atomic E-state index is 0.130. The van der Waals surface area contributed by atoms with Gasteiger partial charge in [-0.25, -0.2) is 4.98 Å². The van der Waals surface area contributed by atoms with Crippen molar-refractivity contribution < 1.29 is 18.7 Å². The summed E-state index contributed by atoms with van der Waals surface area (Å²) in [4.78, 5) is 30.5. The predicted octanol–water partition coefficient (Wildman–Crippen LogP) is 5.98. The summed E-state index contributed by atoms with van der Waals surface area (Å²) in [5.74, 6) is 1.66. The number of aryl methyl sites for hydroxylation is 2. The molecule has 1 aliphatic carbocycles. The monoisotopic (exact) mass is 552 g/mol. The molecular formula is C31H32N6O4. The van der Waals surface area contributed by atoms with Gasteiger partial charge in [0, 0.05) is 30.9 Å². The average Bonchev–Trinajstić information content (AvgIpc) is 3.73. The van der Waals surface area contributed by atoms with Crippen molar-refractivity contribution in [3.63, 3.8) is 0 Å². The van der Waals surface area contributed by atoms with Crippen molar-refractivity contribution in [3.8, 4) is 17.0 Å². The molecule has 2 aromatic carbocycles. The van der Waals surface area contributed by atoms with Crippen LogP contribution >= 0.6 is 0 Å². The van der Waals surface area contributed by atoms with E-state index >= 15 is 0 Å². The predicted molar refractivity (Wildman–Crippen MR) is 155 cm³/mol. The van der Waals surface area contributed by atoms with Crippen molar-refractivity contribution in [2.24, 2.45) is 0 Å². The normalized spacial score (nSPS) is 17.9. The lowest BCUT2D eigenvalue weighted by molar-refractivity contribution is -0.125. The second-order valence-corrected chi connectivity index (χ2v) is 10.9. The maximum atomic E-state index is 11.3. The number of H-pyrrole nitrogens is 1. The Hall–Kier alpha value is -4.44. The topological polar surface area (TPSA) is 118 Å². The van der Waals surface area contributed by atoms with Gasteiger partial charge in [-0.15, -0.1) is 0 Å². The number of nitrogens with one attached hydrogen (secondary N) is 2. The number of aromatic nitrogens is 4. The smallest absolute Gasteiger partial charge is 0.232 e. The van der Waals surface area contributed by atoms with Gasteiger partial charge in [-0.05, 0) is 67.5 Å². The standard InChI is InChI=1S/C31H32N6O4/c1-18-13-21(27-16-37(17-38)11-12-39-27)8-9-24(18)34-31-35-29-28(30(36-31)41-22-5-3-4-6-22)23(15-32-29)20-7-10-25-26(14-20)40-19(2)33-25/h7-10,13-15,17,22,27H,3-6,11-12,16H2,1-2H3,(H2,32,34,35,36). The molecule has 3 aromatic heterocycles. The zero-order valence-electron chi connectivity index (χ0n) is 23.1. The van der Waals surface area contributed by atoms with Crippen LogP contribution in [0.4, 0.5) is 11.6 Å². The minimum atomic E-state index is -0.141. The van der Waals surface area contributed by atoms with Crippen LogP contribution in [0.1, 0.15) is 48.8 Å². The van der Waals surface area contributed by atoms with Crippen molar-refractivity contribution in [1.29, 1.82) is 0 Å². The number of hydrogen-bond donors (Lipinski definition) is 2. The zero-order chi connectivity index (χ0) is 27.9. The van der Waals surface area contributed by atoms with E-state index in [9.17, 15) is 4.79 Å². The third kappa shape index (κ3) is 4.99. The van der Waals surface area contributed by atoms with E-state index in [4.69, 9.17) is 23.9 Å². The van der Waals surface area contributed by atoms with Crippen LogP contribution < -0.4 is 10.1 Å². The quantitative estimate of drug-likeness (QED) is 0.237. The number of oxazole rings is 1. The lowest BCUT2D eigenvalue weighted by Gasteiger charge is -2.30. The Balaban J connectivity index is 1.23. The van der Waals surface area contributed by atoms with Gasteiger partial charge in [0.25, 0.3) is 0 Å². The molecule has 1 amide bonds. The molecule has 2 fully saturated rings. The van der Waals surface area contributed by atoms with Crippen molar-refractivity contribution in [2.45, 2.75) is 51.7 Å². The number of hydrogen-bond acceptors (Lipinski definition) is 8. The second-order valence-electron chi connectivity index (χ2n) is 10.9. The van der Waals surface area contributed by atoms with E-state index in [1.165, 1.54) is 0 Å². The van der Waals surface area contributed by atoms with Crippen LogP contribution in [0, 0.1) is 13.8 Å². The molecular weight excluding hydrogens is 520 g/mol. The Labute approximate surface area is 237 Å². The highest BCUT2D eigenvalue weighted by molar-refractivity contribution is 5.99. The zero-order valence-corrected chi connectivity index (χ0v) is 23.1. The molecule has 0 spiro atoms. The first-order chi connectivity index (χ1) is 20.0. The molecule has 1 saturated carbocycles. The van der Waals surface area contributed by atoms with Crippen LogP contribution in [0.2, 0.25) is 0 Å². The van der Waals surface area contributed by atoms with Gasteiger partial charge in [0.2, 0.25) is 18.2 Å². The number of fused-ring (bicyclic) bond motifs is 2. The Bertz CT molecular complexity index is 1740. The average molecular weight is 553 g/mol. The Morgan fingerprint density at radius 3 is 2.80 bits per heavy atom. The van der Waals surface area contributed by atoms with Gasteiger partial charge < -0.3 is 29.1 Å². The van der Waals surface area contributed by atoms with E-state index < -0.39 is 0 Å². The van der Waals surface area contributed by atoms with Crippen LogP contribution in [0.3, 0.4) is 0 Å². The number of morpholine rings is 1. The molecule has 1 aliphatic heterocycles. The fraction of sp³-hybridized carbons (Fsp3) is 0.355. The SMILES string of the molecule is Cc1nc2ccc(-c3c[nH]c4nc(Nc5ccc(C6CN(C=O)CCO6)cc5C)nc(OC5CCCC5)c34)cc2o1. The van der Waals surface area contributed by atoms with Gasteiger partial charge in [0.15, 0.2) is 11.5 Å². The summed E-state index contributed by atoms with van der Waals surface area (Å²) >= 11 is 0. The molecule has 4 heterocycles. The van der Waals surface area contributed by atoms with E-state index in [1.54, 1.807) is 4.90 Å². The van der Waals surface area contributed by atoms with Gasteiger partial charge >= 0.3 is 0 Å². The fourth-order valence-electron chi connectivity index (χ4n) is 5.85. The first kappa shape index (κ1) is 25.5. The summed E-state index contributed by atoms with van der Waals surface area (Å²) < 4.78 is 18.2. The highest BCUT2D eigenvalue weighted by Gasteiger charge is 2.24. The number of amides is 1. The van der Waals surface area contributed by atoms with Crippen molar-refractivity contribution in [3.05, 3.63) is 59.6 Å². The molecule has 2 aliphatic rings. The van der Waals surface area contributed by atoms with Crippen LogP contribution in [0.15, 0.2) is 47.0 Å². The molecule has 5 aromatic rings. The molecule has 0 radical (unpaired) electrons. The third-order valence-corrected chi connectivity index (χ3v) is 8.00. The summed E-state index contributed by atoms with van der Waals surface area (Å²) in [6.45, 7) is 5.59. The van der Waals surface area contributed by atoms with Gasteiger partial charge in [-0.1, -0.05) is 18.2 Å². The molecule has 41 heavy (non-hydrogen) atoms.